The lowest BCUT2D eigenvalue weighted by atomic mass is 10.0. The van der Waals surface area contributed by atoms with Crippen LogP contribution in [-0.4, -0.2) is 49.5 Å². The highest BCUT2D eigenvalue weighted by Gasteiger charge is 2.35. The first-order chi connectivity index (χ1) is 18.8. The van der Waals surface area contributed by atoms with Crippen LogP contribution in [-0.2, 0) is 39.0 Å². The van der Waals surface area contributed by atoms with E-state index in [4.69, 9.17) is 0 Å². The minimum absolute atomic E-state index is 0.160. The molecule has 0 aromatic heterocycles. The Balaban J connectivity index is 2.11. The maximum absolute atomic E-state index is 14.8. The van der Waals surface area contributed by atoms with E-state index in [-0.39, 0.29) is 18.5 Å². The summed E-state index contributed by atoms with van der Waals surface area (Å²) in [5.74, 6) is -1.56. The number of amides is 2. The number of rotatable bonds is 11. The Morgan fingerprint density at radius 2 is 1.48 bits per heavy atom. The molecule has 0 saturated heterocycles. The fraction of sp³-hybridized carbons (Fsp3) is 0.355. The highest BCUT2D eigenvalue weighted by atomic mass is 32.2. The van der Waals surface area contributed by atoms with Crippen molar-refractivity contribution in [3.8, 4) is 0 Å². The average Bonchev–Trinajstić information content (AvgIpc) is 2.89. The number of sulfonamides is 1. The molecule has 0 aliphatic heterocycles. The monoisotopic (exact) mass is 567 g/mol. The van der Waals surface area contributed by atoms with Crippen molar-refractivity contribution < 1.29 is 22.4 Å². The molecule has 3 aromatic rings. The van der Waals surface area contributed by atoms with Crippen LogP contribution in [0.5, 0.6) is 0 Å². The van der Waals surface area contributed by atoms with Gasteiger partial charge in [0.1, 0.15) is 18.4 Å². The van der Waals surface area contributed by atoms with E-state index in [1.54, 1.807) is 30.3 Å². The number of carbonyl (C=O) groups excluding carboxylic acids is 2. The van der Waals surface area contributed by atoms with Gasteiger partial charge in [0.15, 0.2) is 0 Å². The molecule has 0 unspecified atom stereocenters. The number of anilines is 1. The zero-order valence-electron chi connectivity index (χ0n) is 23.7. The number of para-hydroxylation sites is 1. The van der Waals surface area contributed by atoms with E-state index in [1.165, 1.54) is 11.0 Å². The van der Waals surface area contributed by atoms with Crippen LogP contribution in [0, 0.1) is 5.82 Å². The van der Waals surface area contributed by atoms with Crippen molar-refractivity contribution >= 4 is 27.5 Å². The maximum Gasteiger partial charge on any atom is 0.244 e. The molecular formula is C31H38FN3O4S. The van der Waals surface area contributed by atoms with Crippen LogP contribution in [0.2, 0.25) is 0 Å². The van der Waals surface area contributed by atoms with Crippen molar-refractivity contribution in [1.82, 2.24) is 10.2 Å². The summed E-state index contributed by atoms with van der Waals surface area (Å²) < 4.78 is 41.8. The van der Waals surface area contributed by atoms with Crippen molar-refractivity contribution in [2.24, 2.45) is 0 Å². The first kappa shape index (κ1) is 30.8. The molecule has 0 bridgehead atoms. The Kier molecular flexibility index (Phi) is 10.1. The van der Waals surface area contributed by atoms with Gasteiger partial charge < -0.3 is 10.2 Å². The molecule has 9 heteroatoms. The summed E-state index contributed by atoms with van der Waals surface area (Å²) in [6, 6.07) is 21.2. The normalized spacial score (nSPS) is 12.4. The predicted molar refractivity (Wildman–Crippen MR) is 157 cm³/mol. The summed E-state index contributed by atoms with van der Waals surface area (Å²) in [7, 11) is -3.88. The molecule has 40 heavy (non-hydrogen) atoms. The third-order valence-corrected chi connectivity index (χ3v) is 7.51. The number of benzene rings is 3. The summed E-state index contributed by atoms with van der Waals surface area (Å²) >= 11 is 0. The van der Waals surface area contributed by atoms with Gasteiger partial charge in [-0.1, -0.05) is 73.7 Å². The van der Waals surface area contributed by atoms with Crippen molar-refractivity contribution in [1.29, 1.82) is 0 Å². The first-order valence-corrected chi connectivity index (χ1v) is 15.1. The number of carbonyl (C=O) groups is 2. The number of aryl methyl sites for hydroxylation is 1. The molecule has 0 saturated carbocycles. The Morgan fingerprint density at radius 3 is 2.05 bits per heavy atom. The molecule has 214 valence electrons. The van der Waals surface area contributed by atoms with Gasteiger partial charge in [-0.3, -0.25) is 13.9 Å². The molecule has 3 rings (SSSR count). The number of nitrogens with one attached hydrogen (secondary N) is 1. The van der Waals surface area contributed by atoms with Crippen LogP contribution in [0.4, 0.5) is 10.1 Å². The van der Waals surface area contributed by atoms with Gasteiger partial charge in [-0.2, -0.15) is 0 Å². The van der Waals surface area contributed by atoms with Crippen LogP contribution in [0.15, 0.2) is 78.9 Å². The fourth-order valence-corrected chi connectivity index (χ4v) is 5.35. The molecule has 0 fully saturated rings. The number of hydrogen-bond acceptors (Lipinski definition) is 4. The Morgan fingerprint density at radius 1 is 0.900 bits per heavy atom. The minimum Gasteiger partial charge on any atom is -0.350 e. The largest absolute Gasteiger partial charge is 0.350 e. The van der Waals surface area contributed by atoms with Crippen LogP contribution in [0.3, 0.4) is 0 Å². The molecule has 0 heterocycles. The Hall–Kier alpha value is -3.72. The maximum atomic E-state index is 14.8. The van der Waals surface area contributed by atoms with Crippen LogP contribution >= 0.6 is 0 Å². The van der Waals surface area contributed by atoms with Gasteiger partial charge in [-0.05, 0) is 50.5 Å². The standard InChI is InChI=1S/C31H38FN3O4S/c1-6-24-16-11-13-19-27(24)35(40(5,38)39)22-29(36)34(21-25-17-10-12-18-26(25)32)28(30(37)33-31(2,3)4)20-23-14-8-7-9-15-23/h7-19,28H,6,20-22H2,1-5H3,(H,33,37)/t28-/m1/s1. The average molecular weight is 568 g/mol. The molecule has 1 atom stereocenters. The Bertz CT molecular complexity index is 1420. The predicted octanol–water partition coefficient (Wildman–Crippen LogP) is 4.71. The zero-order chi connectivity index (χ0) is 29.5. The molecule has 0 aliphatic carbocycles. The summed E-state index contributed by atoms with van der Waals surface area (Å²) in [6.45, 7) is 6.64. The van der Waals surface area contributed by atoms with Gasteiger partial charge in [-0.25, -0.2) is 12.8 Å². The lowest BCUT2D eigenvalue weighted by Gasteiger charge is -2.35. The SMILES string of the molecule is CCc1ccccc1N(CC(=O)N(Cc1ccccc1F)[C@H](Cc1ccccc1)C(=O)NC(C)(C)C)S(C)(=O)=O. The van der Waals surface area contributed by atoms with Crippen LogP contribution in [0.1, 0.15) is 44.4 Å². The van der Waals surface area contributed by atoms with Crippen molar-refractivity contribution in [2.45, 2.75) is 58.7 Å². The van der Waals surface area contributed by atoms with E-state index in [2.05, 4.69) is 5.32 Å². The van der Waals surface area contributed by atoms with Gasteiger partial charge >= 0.3 is 0 Å². The van der Waals surface area contributed by atoms with E-state index >= 15 is 0 Å². The lowest BCUT2D eigenvalue weighted by molar-refractivity contribution is -0.140. The smallest absolute Gasteiger partial charge is 0.244 e. The number of halogens is 1. The number of nitrogens with zero attached hydrogens (tertiary/aromatic N) is 2. The van der Waals surface area contributed by atoms with E-state index in [9.17, 15) is 22.4 Å². The van der Waals surface area contributed by atoms with Gasteiger partial charge in [0.25, 0.3) is 0 Å². The first-order valence-electron chi connectivity index (χ1n) is 13.2. The third kappa shape index (κ3) is 8.39. The fourth-order valence-electron chi connectivity index (χ4n) is 4.46. The van der Waals surface area contributed by atoms with Crippen LogP contribution < -0.4 is 9.62 Å². The molecule has 7 nitrogen and oxygen atoms in total. The highest BCUT2D eigenvalue weighted by Crippen LogP contribution is 2.25. The summed E-state index contributed by atoms with van der Waals surface area (Å²) in [6.07, 6.45) is 1.76. The van der Waals surface area contributed by atoms with Gasteiger partial charge in [0.2, 0.25) is 21.8 Å². The second kappa shape index (κ2) is 13.1. The zero-order valence-corrected chi connectivity index (χ0v) is 24.5. The summed E-state index contributed by atoms with van der Waals surface area (Å²) in [5, 5.41) is 2.95. The summed E-state index contributed by atoms with van der Waals surface area (Å²) in [4.78, 5) is 29.1. The van der Waals surface area contributed by atoms with Gasteiger partial charge in [0, 0.05) is 24.1 Å². The molecule has 0 spiro atoms. The molecule has 0 radical (unpaired) electrons. The van der Waals surface area contributed by atoms with E-state index in [1.807, 2.05) is 70.2 Å². The molecule has 0 aliphatic rings. The lowest BCUT2D eigenvalue weighted by Crippen LogP contribution is -2.56. The van der Waals surface area contributed by atoms with E-state index < -0.39 is 45.8 Å². The third-order valence-electron chi connectivity index (χ3n) is 6.39. The quantitative estimate of drug-likeness (QED) is 0.364. The summed E-state index contributed by atoms with van der Waals surface area (Å²) in [5.41, 5.74) is 1.58. The second-order valence-corrected chi connectivity index (χ2v) is 12.7. The van der Waals surface area contributed by atoms with Gasteiger partial charge in [-0.15, -0.1) is 0 Å². The van der Waals surface area contributed by atoms with E-state index in [0.29, 0.717) is 12.1 Å². The highest BCUT2D eigenvalue weighted by molar-refractivity contribution is 7.92. The Labute approximate surface area is 237 Å². The molecular weight excluding hydrogens is 529 g/mol. The van der Waals surface area contributed by atoms with Gasteiger partial charge in [0.05, 0.1) is 11.9 Å². The van der Waals surface area contributed by atoms with E-state index in [0.717, 1.165) is 21.7 Å². The molecule has 2 amide bonds. The van der Waals surface area contributed by atoms with Crippen molar-refractivity contribution in [3.05, 3.63) is 101 Å². The number of hydrogen-bond donors (Lipinski definition) is 1. The second-order valence-electron chi connectivity index (χ2n) is 10.8. The van der Waals surface area contributed by atoms with Crippen LogP contribution in [0.25, 0.3) is 0 Å². The topological polar surface area (TPSA) is 86.8 Å². The molecule has 1 N–H and O–H groups in total. The minimum atomic E-state index is -3.88. The van der Waals surface area contributed by atoms with Crippen molar-refractivity contribution in [3.63, 3.8) is 0 Å². The molecule has 3 aromatic carbocycles. The van der Waals surface area contributed by atoms with Crippen molar-refractivity contribution in [2.75, 3.05) is 17.1 Å².